The molecule has 4 N–H and O–H groups in total. The van der Waals surface area contributed by atoms with Gasteiger partial charge in [0.25, 0.3) is 0 Å². The Morgan fingerprint density at radius 3 is 2.80 bits per heavy atom. The predicted molar refractivity (Wildman–Crippen MR) is 79.6 cm³/mol. The monoisotopic (exact) mass is 296 g/mol. The molecule has 1 aliphatic rings. The van der Waals surface area contributed by atoms with Crippen molar-refractivity contribution in [2.45, 2.75) is 38.3 Å². The fraction of sp³-hybridized carbons (Fsp3) is 0.533. The van der Waals surface area contributed by atoms with Gasteiger partial charge in [0.2, 0.25) is 5.91 Å². The molecule has 110 valence electrons. The lowest BCUT2D eigenvalue weighted by atomic mass is 9.86. The molecule has 0 spiro atoms. The Morgan fingerprint density at radius 2 is 2.15 bits per heavy atom. The lowest BCUT2D eigenvalue weighted by Gasteiger charge is -2.27. The van der Waals surface area contributed by atoms with Crippen molar-refractivity contribution in [3.63, 3.8) is 0 Å². The van der Waals surface area contributed by atoms with Gasteiger partial charge in [0.05, 0.1) is 6.10 Å². The summed E-state index contributed by atoms with van der Waals surface area (Å²) in [6.45, 7) is 1.41. The van der Waals surface area contributed by atoms with E-state index in [2.05, 4.69) is 5.32 Å². The quantitative estimate of drug-likeness (QED) is 0.779. The molecule has 0 aromatic heterocycles. The molecule has 1 aliphatic carbocycles. The largest absolute Gasteiger partial charge is 0.393 e. The molecule has 0 saturated heterocycles. The number of carbonyl (C=O) groups excluding carboxylic acids is 1. The van der Waals surface area contributed by atoms with E-state index in [0.717, 1.165) is 31.4 Å². The number of amides is 1. The van der Waals surface area contributed by atoms with Gasteiger partial charge in [-0.05, 0) is 36.5 Å². The molecule has 0 radical (unpaired) electrons. The first-order valence-corrected chi connectivity index (χ1v) is 7.42. The third kappa shape index (κ3) is 3.95. The van der Waals surface area contributed by atoms with Gasteiger partial charge in [-0.2, -0.15) is 0 Å². The fourth-order valence-corrected chi connectivity index (χ4v) is 2.91. The number of halogens is 1. The molecule has 1 fully saturated rings. The van der Waals surface area contributed by atoms with E-state index < -0.39 is 5.91 Å². The second-order valence-corrected chi connectivity index (χ2v) is 5.82. The van der Waals surface area contributed by atoms with E-state index in [-0.39, 0.29) is 6.10 Å². The third-order valence-corrected chi connectivity index (χ3v) is 4.28. The third-order valence-electron chi connectivity index (χ3n) is 3.93. The van der Waals surface area contributed by atoms with Gasteiger partial charge in [-0.25, -0.2) is 0 Å². The van der Waals surface area contributed by atoms with E-state index in [1.54, 1.807) is 12.1 Å². The van der Waals surface area contributed by atoms with Crippen molar-refractivity contribution in [1.29, 1.82) is 0 Å². The minimum Gasteiger partial charge on any atom is -0.393 e. The summed E-state index contributed by atoms with van der Waals surface area (Å²) in [6.07, 6.45) is 4.10. The van der Waals surface area contributed by atoms with Crippen LogP contribution in [0.3, 0.4) is 0 Å². The molecule has 2 rings (SSSR count). The van der Waals surface area contributed by atoms with E-state index in [0.29, 0.717) is 23.0 Å². The number of nitrogens with two attached hydrogens (primary N) is 1. The van der Waals surface area contributed by atoms with Crippen LogP contribution in [0.5, 0.6) is 0 Å². The number of nitrogens with one attached hydrogen (secondary N) is 1. The maximum absolute atomic E-state index is 11.0. The van der Waals surface area contributed by atoms with Crippen molar-refractivity contribution in [1.82, 2.24) is 5.32 Å². The zero-order valence-electron chi connectivity index (χ0n) is 11.4. The standard InChI is InChI=1S/C15H21ClN2O2/c16-13-7-10(15(17)20)5-6-11(13)8-18-9-12-3-1-2-4-14(12)19/h5-7,12,14,18-19H,1-4,8-9H2,(H2,17,20). The summed E-state index contributed by atoms with van der Waals surface area (Å²) in [7, 11) is 0. The first-order valence-electron chi connectivity index (χ1n) is 7.05. The summed E-state index contributed by atoms with van der Waals surface area (Å²) >= 11 is 6.13. The molecule has 1 aromatic rings. The van der Waals surface area contributed by atoms with E-state index in [4.69, 9.17) is 17.3 Å². The number of rotatable bonds is 5. The molecule has 1 amide bonds. The van der Waals surface area contributed by atoms with Crippen molar-refractivity contribution in [3.05, 3.63) is 34.3 Å². The number of aliphatic hydroxyl groups excluding tert-OH is 1. The number of hydrogen-bond acceptors (Lipinski definition) is 3. The summed E-state index contributed by atoms with van der Waals surface area (Å²) in [5, 5.41) is 13.8. The molecule has 4 nitrogen and oxygen atoms in total. The number of aliphatic hydroxyl groups is 1. The van der Waals surface area contributed by atoms with Gasteiger partial charge in [0.15, 0.2) is 0 Å². The summed E-state index contributed by atoms with van der Waals surface area (Å²) in [5.74, 6) is -0.149. The summed E-state index contributed by atoms with van der Waals surface area (Å²) in [6, 6.07) is 5.09. The van der Waals surface area contributed by atoms with Gasteiger partial charge < -0.3 is 16.2 Å². The predicted octanol–water partition coefficient (Wildman–Crippen LogP) is 2.08. The molecular formula is C15H21ClN2O2. The van der Waals surface area contributed by atoms with Gasteiger partial charge in [-0.3, -0.25) is 4.79 Å². The molecule has 2 atom stereocenters. The van der Waals surface area contributed by atoms with Crippen LogP contribution in [0.1, 0.15) is 41.6 Å². The molecule has 0 aliphatic heterocycles. The highest BCUT2D eigenvalue weighted by molar-refractivity contribution is 6.31. The Bertz CT molecular complexity index is 479. The smallest absolute Gasteiger partial charge is 0.248 e. The number of benzene rings is 1. The Morgan fingerprint density at radius 1 is 1.40 bits per heavy atom. The van der Waals surface area contributed by atoms with Crippen LogP contribution in [0, 0.1) is 5.92 Å². The van der Waals surface area contributed by atoms with E-state index >= 15 is 0 Å². The van der Waals surface area contributed by atoms with Crippen molar-refractivity contribution >= 4 is 17.5 Å². The second-order valence-electron chi connectivity index (χ2n) is 5.41. The maximum atomic E-state index is 11.0. The highest BCUT2D eigenvalue weighted by Crippen LogP contribution is 2.24. The minimum atomic E-state index is -0.475. The molecule has 1 aromatic carbocycles. The maximum Gasteiger partial charge on any atom is 0.248 e. The van der Waals surface area contributed by atoms with Gasteiger partial charge in [-0.1, -0.05) is 30.5 Å². The summed E-state index contributed by atoms with van der Waals surface area (Å²) in [5.41, 5.74) is 6.56. The van der Waals surface area contributed by atoms with Crippen LogP contribution in [0.15, 0.2) is 18.2 Å². The highest BCUT2D eigenvalue weighted by atomic mass is 35.5. The number of hydrogen-bond donors (Lipinski definition) is 3. The molecule has 5 heteroatoms. The molecule has 0 bridgehead atoms. The molecule has 20 heavy (non-hydrogen) atoms. The normalized spacial score (nSPS) is 22.7. The first kappa shape index (κ1) is 15.3. The Labute approximate surface area is 124 Å². The van der Waals surface area contributed by atoms with Gasteiger partial charge in [-0.15, -0.1) is 0 Å². The van der Waals surface area contributed by atoms with E-state index in [1.165, 1.54) is 6.42 Å². The average molecular weight is 297 g/mol. The molecule has 0 heterocycles. The van der Waals surface area contributed by atoms with Gasteiger partial charge in [0, 0.05) is 23.7 Å². The van der Waals surface area contributed by atoms with Crippen molar-refractivity contribution < 1.29 is 9.90 Å². The lowest BCUT2D eigenvalue weighted by Crippen LogP contribution is -2.33. The van der Waals surface area contributed by atoms with Crippen LogP contribution in [0.2, 0.25) is 5.02 Å². The molecular weight excluding hydrogens is 276 g/mol. The zero-order valence-corrected chi connectivity index (χ0v) is 12.2. The first-order chi connectivity index (χ1) is 9.58. The lowest BCUT2D eigenvalue weighted by molar-refractivity contribution is 0.0695. The minimum absolute atomic E-state index is 0.191. The van der Waals surface area contributed by atoms with Gasteiger partial charge in [0.1, 0.15) is 0 Å². The Kier molecular flexibility index (Phi) is 5.40. The SMILES string of the molecule is NC(=O)c1ccc(CNCC2CCCCC2O)c(Cl)c1. The molecule has 1 saturated carbocycles. The fourth-order valence-electron chi connectivity index (χ4n) is 2.66. The van der Waals surface area contributed by atoms with E-state index in [9.17, 15) is 9.90 Å². The van der Waals surface area contributed by atoms with Crippen LogP contribution in [-0.4, -0.2) is 23.7 Å². The van der Waals surface area contributed by atoms with Crippen LogP contribution in [0.4, 0.5) is 0 Å². The van der Waals surface area contributed by atoms with Crippen LogP contribution < -0.4 is 11.1 Å². The Balaban J connectivity index is 1.86. The van der Waals surface area contributed by atoms with Crippen LogP contribution in [0.25, 0.3) is 0 Å². The second kappa shape index (κ2) is 7.07. The van der Waals surface area contributed by atoms with Gasteiger partial charge >= 0.3 is 0 Å². The number of primary amides is 1. The molecule has 2 unspecified atom stereocenters. The summed E-state index contributed by atoms with van der Waals surface area (Å²) in [4.78, 5) is 11.0. The highest BCUT2D eigenvalue weighted by Gasteiger charge is 2.22. The van der Waals surface area contributed by atoms with Crippen LogP contribution >= 0.6 is 11.6 Å². The Hall–Kier alpha value is -1.10. The van der Waals surface area contributed by atoms with Crippen molar-refractivity contribution in [2.24, 2.45) is 11.7 Å². The topological polar surface area (TPSA) is 75.4 Å². The van der Waals surface area contributed by atoms with Crippen molar-refractivity contribution in [2.75, 3.05) is 6.54 Å². The number of carbonyl (C=O) groups is 1. The summed E-state index contributed by atoms with van der Waals surface area (Å²) < 4.78 is 0. The average Bonchev–Trinajstić information content (AvgIpc) is 2.42. The van der Waals surface area contributed by atoms with Crippen molar-refractivity contribution in [3.8, 4) is 0 Å². The van der Waals surface area contributed by atoms with Crippen LogP contribution in [-0.2, 0) is 6.54 Å². The zero-order chi connectivity index (χ0) is 14.5. The van der Waals surface area contributed by atoms with E-state index in [1.807, 2.05) is 6.07 Å².